The number of carbonyl (C=O) groups is 2. The van der Waals surface area contributed by atoms with Crippen LogP contribution in [0, 0.1) is 6.92 Å². The van der Waals surface area contributed by atoms with Gasteiger partial charge in [0, 0.05) is 0 Å². The molecule has 0 aliphatic heterocycles. The van der Waals surface area contributed by atoms with Crippen LogP contribution in [0.2, 0.25) is 0 Å². The molecule has 2 N–H and O–H groups in total. The molecule has 6 heteroatoms. The molecule has 0 aliphatic carbocycles. The van der Waals surface area contributed by atoms with Gasteiger partial charge in [-0.1, -0.05) is 36.8 Å². The topological polar surface area (TPSA) is 76.7 Å². The number of methoxy groups -OCH3 is 1. The summed E-state index contributed by atoms with van der Waals surface area (Å²) in [5, 5.41) is 0. The van der Waals surface area contributed by atoms with Gasteiger partial charge in [0.05, 0.1) is 13.5 Å². The Balaban J connectivity index is 1.82. The van der Waals surface area contributed by atoms with Gasteiger partial charge in [-0.3, -0.25) is 20.4 Å². The van der Waals surface area contributed by atoms with E-state index >= 15 is 0 Å². The van der Waals surface area contributed by atoms with E-state index in [4.69, 9.17) is 9.47 Å². The zero-order chi connectivity index (χ0) is 18.9. The van der Waals surface area contributed by atoms with Crippen molar-refractivity contribution >= 4 is 11.8 Å². The second-order valence-electron chi connectivity index (χ2n) is 5.89. The standard InChI is InChI=1S/C20H24N2O4/c1-4-18(26-17-9-5-14(2)6-10-17)20(24)22-21-19(23)13-15-7-11-16(25-3)12-8-15/h5-12,18H,4,13H2,1-3H3,(H,21,23)(H,22,24)/t18-/m1/s1. The fraction of sp³-hybridized carbons (Fsp3) is 0.300. The fourth-order valence-electron chi connectivity index (χ4n) is 2.29. The zero-order valence-electron chi connectivity index (χ0n) is 15.2. The van der Waals surface area contributed by atoms with Crippen molar-refractivity contribution in [3.63, 3.8) is 0 Å². The number of amides is 2. The molecule has 0 unspecified atom stereocenters. The lowest BCUT2D eigenvalue weighted by Crippen LogP contribution is -2.48. The van der Waals surface area contributed by atoms with E-state index in [-0.39, 0.29) is 12.3 Å². The second kappa shape index (κ2) is 9.46. The molecule has 0 spiro atoms. The Morgan fingerprint density at radius 2 is 1.58 bits per heavy atom. The molecule has 0 bridgehead atoms. The smallest absolute Gasteiger partial charge is 0.279 e. The Morgan fingerprint density at radius 3 is 2.15 bits per heavy atom. The van der Waals surface area contributed by atoms with E-state index in [1.807, 2.05) is 38.1 Å². The first kappa shape index (κ1) is 19.3. The predicted octanol–water partition coefficient (Wildman–Crippen LogP) is 2.55. The number of rotatable bonds is 7. The minimum absolute atomic E-state index is 0.153. The van der Waals surface area contributed by atoms with E-state index in [2.05, 4.69) is 10.9 Å². The number of nitrogens with one attached hydrogen (secondary N) is 2. The molecule has 6 nitrogen and oxygen atoms in total. The van der Waals surface area contributed by atoms with Gasteiger partial charge in [-0.15, -0.1) is 0 Å². The molecule has 2 aromatic carbocycles. The van der Waals surface area contributed by atoms with Gasteiger partial charge in [-0.25, -0.2) is 0 Å². The SMILES string of the molecule is CC[C@@H](Oc1ccc(C)cc1)C(=O)NNC(=O)Cc1ccc(OC)cc1. The van der Waals surface area contributed by atoms with Crippen molar-refractivity contribution in [1.82, 2.24) is 10.9 Å². The Hall–Kier alpha value is -3.02. The monoisotopic (exact) mass is 356 g/mol. The van der Waals surface area contributed by atoms with E-state index in [1.54, 1.807) is 31.4 Å². The van der Waals surface area contributed by atoms with E-state index in [0.29, 0.717) is 12.2 Å². The first-order chi connectivity index (χ1) is 12.5. The summed E-state index contributed by atoms with van der Waals surface area (Å²) in [6.45, 7) is 3.82. The Kier molecular flexibility index (Phi) is 7.02. The molecule has 0 saturated heterocycles. The van der Waals surface area contributed by atoms with E-state index in [1.165, 1.54) is 0 Å². The maximum atomic E-state index is 12.2. The Labute approximate surface area is 153 Å². The Morgan fingerprint density at radius 1 is 0.962 bits per heavy atom. The number of benzene rings is 2. The number of hydrogen-bond donors (Lipinski definition) is 2. The van der Waals surface area contributed by atoms with Crippen molar-refractivity contribution in [2.45, 2.75) is 32.8 Å². The van der Waals surface area contributed by atoms with E-state index < -0.39 is 12.0 Å². The molecule has 2 amide bonds. The maximum absolute atomic E-state index is 12.2. The van der Waals surface area contributed by atoms with Gasteiger partial charge >= 0.3 is 0 Å². The van der Waals surface area contributed by atoms with Crippen molar-refractivity contribution in [2.75, 3.05) is 7.11 Å². The van der Waals surface area contributed by atoms with Crippen molar-refractivity contribution in [3.8, 4) is 11.5 Å². The van der Waals surface area contributed by atoms with Crippen LogP contribution in [0.25, 0.3) is 0 Å². The van der Waals surface area contributed by atoms with Crippen molar-refractivity contribution < 1.29 is 19.1 Å². The summed E-state index contributed by atoms with van der Waals surface area (Å²) >= 11 is 0. The molecule has 1 atom stereocenters. The van der Waals surface area contributed by atoms with Gasteiger partial charge in [0.15, 0.2) is 6.10 Å². The number of ether oxygens (including phenoxy) is 2. The largest absolute Gasteiger partial charge is 0.497 e. The highest BCUT2D eigenvalue weighted by Crippen LogP contribution is 2.14. The minimum Gasteiger partial charge on any atom is -0.497 e. The van der Waals surface area contributed by atoms with Gasteiger partial charge in [-0.05, 0) is 43.2 Å². The van der Waals surface area contributed by atoms with Gasteiger partial charge in [-0.2, -0.15) is 0 Å². The average Bonchev–Trinajstić information content (AvgIpc) is 2.66. The third-order valence-electron chi connectivity index (χ3n) is 3.81. The third-order valence-corrected chi connectivity index (χ3v) is 3.81. The highest BCUT2D eigenvalue weighted by atomic mass is 16.5. The normalized spacial score (nSPS) is 11.3. The summed E-state index contributed by atoms with van der Waals surface area (Å²) in [6, 6.07) is 14.6. The third kappa shape index (κ3) is 5.81. The van der Waals surface area contributed by atoms with Crippen LogP contribution in [-0.4, -0.2) is 25.0 Å². The van der Waals surface area contributed by atoms with Crippen molar-refractivity contribution in [2.24, 2.45) is 0 Å². The van der Waals surface area contributed by atoms with Crippen LogP contribution in [0.15, 0.2) is 48.5 Å². The Bertz CT molecular complexity index is 726. The molecule has 138 valence electrons. The highest BCUT2D eigenvalue weighted by Gasteiger charge is 2.19. The summed E-state index contributed by atoms with van der Waals surface area (Å²) in [4.78, 5) is 24.2. The van der Waals surface area contributed by atoms with Crippen LogP contribution in [0.4, 0.5) is 0 Å². The highest BCUT2D eigenvalue weighted by molar-refractivity contribution is 5.85. The zero-order valence-corrected chi connectivity index (χ0v) is 15.2. The lowest BCUT2D eigenvalue weighted by atomic mass is 10.1. The van der Waals surface area contributed by atoms with Gasteiger partial charge in [0.1, 0.15) is 11.5 Å². The first-order valence-corrected chi connectivity index (χ1v) is 8.46. The number of carbonyl (C=O) groups excluding carboxylic acids is 2. The van der Waals surface area contributed by atoms with Crippen LogP contribution >= 0.6 is 0 Å². The molecule has 0 aliphatic rings. The van der Waals surface area contributed by atoms with Crippen LogP contribution in [0.1, 0.15) is 24.5 Å². The summed E-state index contributed by atoms with van der Waals surface area (Å²) in [7, 11) is 1.58. The molecular weight excluding hydrogens is 332 g/mol. The van der Waals surface area contributed by atoms with Gasteiger partial charge in [0.25, 0.3) is 5.91 Å². The molecule has 0 heterocycles. The van der Waals surface area contributed by atoms with Crippen LogP contribution < -0.4 is 20.3 Å². The predicted molar refractivity (Wildman–Crippen MR) is 98.9 cm³/mol. The fourth-order valence-corrected chi connectivity index (χ4v) is 2.29. The van der Waals surface area contributed by atoms with Crippen LogP contribution in [0.5, 0.6) is 11.5 Å². The number of aryl methyl sites for hydroxylation is 1. The summed E-state index contributed by atoms with van der Waals surface area (Å²) in [5.41, 5.74) is 6.77. The minimum atomic E-state index is -0.681. The van der Waals surface area contributed by atoms with Gasteiger partial charge in [0.2, 0.25) is 5.91 Å². The molecule has 26 heavy (non-hydrogen) atoms. The van der Waals surface area contributed by atoms with E-state index in [0.717, 1.165) is 16.9 Å². The second-order valence-corrected chi connectivity index (χ2v) is 5.89. The first-order valence-electron chi connectivity index (χ1n) is 8.46. The molecule has 0 aromatic heterocycles. The molecule has 0 saturated carbocycles. The molecule has 0 radical (unpaired) electrons. The molecule has 2 aromatic rings. The molecule has 0 fully saturated rings. The van der Waals surface area contributed by atoms with Gasteiger partial charge < -0.3 is 9.47 Å². The lowest BCUT2D eigenvalue weighted by Gasteiger charge is -2.17. The van der Waals surface area contributed by atoms with Crippen molar-refractivity contribution in [1.29, 1.82) is 0 Å². The molecular formula is C20H24N2O4. The van der Waals surface area contributed by atoms with Crippen molar-refractivity contribution in [3.05, 3.63) is 59.7 Å². The van der Waals surface area contributed by atoms with Crippen LogP contribution in [-0.2, 0) is 16.0 Å². The van der Waals surface area contributed by atoms with Crippen LogP contribution in [0.3, 0.4) is 0 Å². The maximum Gasteiger partial charge on any atom is 0.279 e. The summed E-state index contributed by atoms with van der Waals surface area (Å²) < 4.78 is 10.8. The number of hydrogen-bond acceptors (Lipinski definition) is 4. The van der Waals surface area contributed by atoms with E-state index in [9.17, 15) is 9.59 Å². The number of hydrazine groups is 1. The summed E-state index contributed by atoms with van der Waals surface area (Å²) in [5.74, 6) is 0.633. The lowest BCUT2D eigenvalue weighted by molar-refractivity contribution is -0.133. The summed E-state index contributed by atoms with van der Waals surface area (Å²) in [6.07, 6.45) is -0.0486. The average molecular weight is 356 g/mol. The molecule has 2 rings (SSSR count). The quantitative estimate of drug-likeness (QED) is 0.748.